The van der Waals surface area contributed by atoms with Gasteiger partial charge in [0.2, 0.25) is 0 Å². The van der Waals surface area contributed by atoms with Crippen LogP contribution in [0.2, 0.25) is 0 Å². The lowest BCUT2D eigenvalue weighted by Crippen LogP contribution is -1.92. The van der Waals surface area contributed by atoms with Crippen LogP contribution in [0.15, 0.2) is 28.3 Å². The number of pyridine rings is 1. The molecule has 16 heavy (non-hydrogen) atoms. The van der Waals surface area contributed by atoms with E-state index in [4.69, 9.17) is 0 Å². The van der Waals surface area contributed by atoms with Crippen molar-refractivity contribution in [3.05, 3.63) is 29.6 Å². The molecule has 0 radical (unpaired) electrons. The van der Waals surface area contributed by atoms with Gasteiger partial charge in [0.1, 0.15) is 0 Å². The molecule has 0 spiro atoms. The van der Waals surface area contributed by atoms with Gasteiger partial charge in [0.15, 0.2) is 6.17 Å². The summed E-state index contributed by atoms with van der Waals surface area (Å²) in [4.78, 5) is 12.5. The van der Waals surface area contributed by atoms with Gasteiger partial charge in [-0.1, -0.05) is 33.8 Å². The molecule has 0 saturated heterocycles. The van der Waals surface area contributed by atoms with Crippen molar-refractivity contribution in [2.24, 2.45) is 9.98 Å². The molecule has 3 nitrogen and oxygen atoms in total. The van der Waals surface area contributed by atoms with Crippen molar-refractivity contribution in [2.45, 2.75) is 40.8 Å². The van der Waals surface area contributed by atoms with E-state index in [1.54, 1.807) is 12.4 Å². The molecular formula is C13H21N3. The molecule has 0 amide bonds. The zero-order valence-electron chi connectivity index (χ0n) is 10.8. The fraction of sp³-hybridized carbons (Fsp3) is 0.462. The number of aryl methyl sites for hydroxylation is 1. The molecule has 2 rings (SSSR count). The highest BCUT2D eigenvalue weighted by Gasteiger charge is 2.09. The third kappa shape index (κ3) is 4.34. The quantitative estimate of drug-likeness (QED) is 0.711. The summed E-state index contributed by atoms with van der Waals surface area (Å²) < 4.78 is 0. The maximum Gasteiger partial charge on any atom is 0.181 e. The van der Waals surface area contributed by atoms with E-state index in [9.17, 15) is 0 Å². The van der Waals surface area contributed by atoms with Gasteiger partial charge in [-0.2, -0.15) is 0 Å². The Morgan fingerprint density at radius 3 is 1.94 bits per heavy atom. The molecule has 0 bridgehead atoms. The summed E-state index contributed by atoms with van der Waals surface area (Å²) in [5.41, 5.74) is 2.07. The van der Waals surface area contributed by atoms with E-state index >= 15 is 0 Å². The SMILES string of the molecule is CC.CC.Cc1ccc(C2N=CC=N2)nc1. The predicted octanol–water partition coefficient (Wildman–Crippen LogP) is 3.60. The second-order valence-corrected chi connectivity index (χ2v) is 2.73. The van der Waals surface area contributed by atoms with Crippen molar-refractivity contribution in [1.29, 1.82) is 0 Å². The molecule has 88 valence electrons. The molecule has 0 fully saturated rings. The Hall–Kier alpha value is -1.51. The Bertz CT molecular complexity index is 314. The van der Waals surface area contributed by atoms with Gasteiger partial charge in [0.05, 0.1) is 5.69 Å². The van der Waals surface area contributed by atoms with E-state index < -0.39 is 0 Å². The number of nitrogens with zero attached hydrogens (tertiary/aromatic N) is 3. The topological polar surface area (TPSA) is 37.6 Å². The highest BCUT2D eigenvalue weighted by atomic mass is 15.0. The van der Waals surface area contributed by atoms with Crippen LogP contribution in [0, 0.1) is 6.92 Å². The Morgan fingerprint density at radius 1 is 0.938 bits per heavy atom. The summed E-state index contributed by atoms with van der Waals surface area (Å²) in [7, 11) is 0. The highest BCUT2D eigenvalue weighted by Crippen LogP contribution is 2.17. The molecular weight excluding hydrogens is 198 g/mol. The van der Waals surface area contributed by atoms with E-state index in [1.807, 2.05) is 52.9 Å². The van der Waals surface area contributed by atoms with Gasteiger partial charge in [0.25, 0.3) is 0 Å². The van der Waals surface area contributed by atoms with E-state index in [2.05, 4.69) is 15.0 Å². The lowest BCUT2D eigenvalue weighted by molar-refractivity contribution is 0.766. The third-order valence-electron chi connectivity index (χ3n) is 1.72. The van der Waals surface area contributed by atoms with Gasteiger partial charge in [-0.25, -0.2) is 0 Å². The monoisotopic (exact) mass is 219 g/mol. The van der Waals surface area contributed by atoms with Crippen LogP contribution in [0.25, 0.3) is 0 Å². The lowest BCUT2D eigenvalue weighted by Gasteiger charge is -2.02. The minimum Gasteiger partial charge on any atom is -0.259 e. The molecule has 0 atom stereocenters. The fourth-order valence-corrected chi connectivity index (χ4v) is 1.06. The third-order valence-corrected chi connectivity index (χ3v) is 1.72. The normalized spacial score (nSPS) is 12.6. The van der Waals surface area contributed by atoms with Crippen LogP contribution in [-0.4, -0.2) is 17.4 Å². The molecule has 1 aliphatic rings. The maximum atomic E-state index is 4.23. The van der Waals surface area contributed by atoms with Gasteiger partial charge < -0.3 is 0 Å². The first-order valence-electron chi connectivity index (χ1n) is 5.84. The number of hydrogen-bond donors (Lipinski definition) is 0. The van der Waals surface area contributed by atoms with Gasteiger partial charge >= 0.3 is 0 Å². The van der Waals surface area contributed by atoms with Crippen LogP contribution >= 0.6 is 0 Å². The summed E-state index contributed by atoms with van der Waals surface area (Å²) in [6.07, 6.45) is 5.13. The van der Waals surface area contributed by atoms with Crippen molar-refractivity contribution in [2.75, 3.05) is 0 Å². The molecule has 0 aromatic carbocycles. The number of aliphatic imine (C=N–C) groups is 2. The summed E-state index contributed by atoms with van der Waals surface area (Å²) >= 11 is 0. The minimum atomic E-state index is -0.106. The molecule has 0 unspecified atom stereocenters. The molecule has 1 aromatic rings. The molecule has 0 N–H and O–H groups in total. The molecule has 1 aromatic heterocycles. The summed E-state index contributed by atoms with van der Waals surface area (Å²) in [5, 5.41) is 0. The minimum absolute atomic E-state index is 0.106. The highest BCUT2D eigenvalue weighted by molar-refractivity contribution is 6.17. The fourth-order valence-electron chi connectivity index (χ4n) is 1.06. The Balaban J connectivity index is 0.000000509. The van der Waals surface area contributed by atoms with Crippen molar-refractivity contribution < 1.29 is 0 Å². The largest absolute Gasteiger partial charge is 0.259 e. The summed E-state index contributed by atoms with van der Waals surface area (Å²) in [6.45, 7) is 10.0. The van der Waals surface area contributed by atoms with E-state index in [0.29, 0.717) is 0 Å². The standard InChI is InChI=1S/C9H9N3.2C2H6/c1-7-2-3-8(12-6-7)9-10-4-5-11-9;2*1-2/h2-6,9H,1H3;2*1-2H3. The van der Waals surface area contributed by atoms with Crippen LogP contribution in [0.4, 0.5) is 0 Å². The Labute approximate surface area is 98.4 Å². The predicted molar refractivity (Wildman–Crippen MR) is 71.4 cm³/mol. The molecule has 0 saturated carbocycles. The van der Waals surface area contributed by atoms with E-state index in [1.165, 1.54) is 0 Å². The van der Waals surface area contributed by atoms with Gasteiger partial charge in [-0.05, 0) is 18.6 Å². The molecule has 3 heteroatoms. The van der Waals surface area contributed by atoms with Crippen LogP contribution < -0.4 is 0 Å². The Kier molecular flexibility index (Phi) is 7.94. The van der Waals surface area contributed by atoms with Crippen molar-refractivity contribution in [3.8, 4) is 0 Å². The number of aromatic nitrogens is 1. The summed E-state index contributed by atoms with van der Waals surface area (Å²) in [5.74, 6) is 0. The van der Waals surface area contributed by atoms with Gasteiger partial charge in [-0.3, -0.25) is 15.0 Å². The Morgan fingerprint density at radius 2 is 1.50 bits per heavy atom. The van der Waals surface area contributed by atoms with Crippen molar-refractivity contribution in [3.63, 3.8) is 0 Å². The first kappa shape index (κ1) is 14.5. The van der Waals surface area contributed by atoms with Gasteiger partial charge in [-0.15, -0.1) is 0 Å². The van der Waals surface area contributed by atoms with Crippen molar-refractivity contribution >= 4 is 12.4 Å². The first-order valence-corrected chi connectivity index (χ1v) is 5.84. The second-order valence-electron chi connectivity index (χ2n) is 2.73. The molecule has 0 aliphatic carbocycles. The number of rotatable bonds is 1. The van der Waals surface area contributed by atoms with Crippen LogP contribution in [0.3, 0.4) is 0 Å². The van der Waals surface area contributed by atoms with E-state index in [-0.39, 0.29) is 6.17 Å². The van der Waals surface area contributed by atoms with Crippen LogP contribution in [0.5, 0.6) is 0 Å². The van der Waals surface area contributed by atoms with Crippen LogP contribution in [0.1, 0.15) is 45.1 Å². The van der Waals surface area contributed by atoms with Crippen molar-refractivity contribution in [1.82, 2.24) is 4.98 Å². The average molecular weight is 219 g/mol. The zero-order chi connectivity index (χ0) is 12.4. The zero-order valence-corrected chi connectivity index (χ0v) is 10.8. The first-order chi connectivity index (χ1) is 7.86. The summed E-state index contributed by atoms with van der Waals surface area (Å²) in [6, 6.07) is 3.98. The van der Waals surface area contributed by atoms with Crippen LogP contribution in [-0.2, 0) is 0 Å². The molecule has 2 heterocycles. The molecule has 1 aliphatic heterocycles. The van der Waals surface area contributed by atoms with Gasteiger partial charge in [0, 0.05) is 18.6 Å². The lowest BCUT2D eigenvalue weighted by atomic mass is 10.2. The average Bonchev–Trinajstić information content (AvgIpc) is 2.89. The smallest absolute Gasteiger partial charge is 0.181 e. The van der Waals surface area contributed by atoms with E-state index in [0.717, 1.165) is 11.3 Å². The second kappa shape index (κ2) is 8.77. The number of hydrogen-bond acceptors (Lipinski definition) is 3. The maximum absolute atomic E-state index is 4.23.